The van der Waals surface area contributed by atoms with Crippen LogP contribution in [0.15, 0.2) is 49.1 Å². The average Bonchev–Trinajstić information content (AvgIpc) is 2.65. The summed E-state index contributed by atoms with van der Waals surface area (Å²) < 4.78 is 0. The standard InChI is InChI=1S/C18H20N4O2/c23-17(13-5-9-19-10-6-13)21-15-1-2-16(4-3-15)22-18(24)14-7-11-20-12-8-14/h5-12,15-16H,1-4H2,(H,21,23)(H,22,24). The molecule has 0 unspecified atom stereocenters. The predicted molar refractivity (Wildman–Crippen MR) is 89.5 cm³/mol. The maximum absolute atomic E-state index is 12.1. The van der Waals surface area contributed by atoms with Crippen molar-refractivity contribution in [2.45, 2.75) is 37.8 Å². The molecule has 0 radical (unpaired) electrons. The minimum atomic E-state index is -0.0679. The molecule has 1 aliphatic rings. The van der Waals surface area contributed by atoms with Crippen LogP contribution < -0.4 is 10.6 Å². The van der Waals surface area contributed by atoms with E-state index in [-0.39, 0.29) is 23.9 Å². The fourth-order valence-corrected chi connectivity index (χ4v) is 2.93. The fraction of sp³-hybridized carbons (Fsp3) is 0.333. The molecule has 1 saturated carbocycles. The molecular formula is C18H20N4O2. The highest BCUT2D eigenvalue weighted by atomic mass is 16.2. The Kier molecular flexibility index (Phi) is 5.15. The van der Waals surface area contributed by atoms with Crippen molar-refractivity contribution in [1.82, 2.24) is 20.6 Å². The van der Waals surface area contributed by atoms with Gasteiger partial charge < -0.3 is 10.6 Å². The highest BCUT2D eigenvalue weighted by Crippen LogP contribution is 2.19. The van der Waals surface area contributed by atoms with Gasteiger partial charge in [0, 0.05) is 48.0 Å². The lowest BCUT2D eigenvalue weighted by atomic mass is 9.90. The first-order valence-electron chi connectivity index (χ1n) is 8.14. The summed E-state index contributed by atoms with van der Waals surface area (Å²) in [5, 5.41) is 6.11. The first-order chi connectivity index (χ1) is 11.7. The number of rotatable bonds is 4. The van der Waals surface area contributed by atoms with Gasteiger partial charge in [-0.2, -0.15) is 0 Å². The van der Waals surface area contributed by atoms with Crippen molar-refractivity contribution in [3.8, 4) is 0 Å². The molecule has 3 rings (SSSR count). The predicted octanol–water partition coefficient (Wildman–Crippen LogP) is 1.95. The van der Waals surface area contributed by atoms with Crippen molar-refractivity contribution in [3.63, 3.8) is 0 Å². The van der Waals surface area contributed by atoms with Crippen LogP contribution in [0.5, 0.6) is 0 Å². The molecule has 1 aliphatic carbocycles. The molecule has 0 bridgehead atoms. The number of amides is 2. The van der Waals surface area contributed by atoms with E-state index >= 15 is 0 Å². The molecule has 0 atom stereocenters. The third-order valence-electron chi connectivity index (χ3n) is 4.28. The Balaban J connectivity index is 1.46. The Bertz CT molecular complexity index is 621. The molecule has 2 N–H and O–H groups in total. The van der Waals surface area contributed by atoms with Gasteiger partial charge in [-0.3, -0.25) is 19.6 Å². The largest absolute Gasteiger partial charge is 0.349 e. The molecule has 2 aromatic heterocycles. The average molecular weight is 324 g/mol. The molecule has 0 spiro atoms. The number of carbonyl (C=O) groups excluding carboxylic acids is 2. The van der Waals surface area contributed by atoms with E-state index in [4.69, 9.17) is 0 Å². The molecule has 1 fully saturated rings. The first-order valence-corrected chi connectivity index (χ1v) is 8.14. The number of nitrogens with zero attached hydrogens (tertiary/aromatic N) is 2. The molecule has 0 aromatic carbocycles. The highest BCUT2D eigenvalue weighted by Gasteiger charge is 2.24. The van der Waals surface area contributed by atoms with Crippen LogP contribution >= 0.6 is 0 Å². The van der Waals surface area contributed by atoms with E-state index < -0.39 is 0 Å². The maximum atomic E-state index is 12.1. The Hall–Kier alpha value is -2.76. The zero-order chi connectivity index (χ0) is 16.8. The van der Waals surface area contributed by atoms with Gasteiger partial charge in [-0.1, -0.05) is 0 Å². The van der Waals surface area contributed by atoms with E-state index in [1.165, 1.54) is 0 Å². The van der Waals surface area contributed by atoms with Crippen LogP contribution in [-0.2, 0) is 0 Å². The summed E-state index contributed by atoms with van der Waals surface area (Å²) in [5.74, 6) is -0.136. The third kappa shape index (κ3) is 4.16. The van der Waals surface area contributed by atoms with Gasteiger partial charge in [-0.15, -0.1) is 0 Å². The summed E-state index contributed by atoms with van der Waals surface area (Å²) in [4.78, 5) is 32.1. The van der Waals surface area contributed by atoms with Crippen LogP contribution in [0.4, 0.5) is 0 Å². The van der Waals surface area contributed by atoms with E-state index in [2.05, 4.69) is 20.6 Å². The van der Waals surface area contributed by atoms with E-state index in [0.717, 1.165) is 25.7 Å². The monoisotopic (exact) mass is 324 g/mol. The van der Waals surface area contributed by atoms with E-state index in [1.807, 2.05) is 0 Å². The Morgan fingerprint density at radius 3 is 1.38 bits per heavy atom. The highest BCUT2D eigenvalue weighted by molar-refractivity contribution is 5.94. The van der Waals surface area contributed by atoms with Crippen LogP contribution in [-0.4, -0.2) is 33.9 Å². The lowest BCUT2D eigenvalue weighted by molar-refractivity contribution is 0.0892. The normalized spacial score (nSPS) is 20.2. The summed E-state index contributed by atoms with van der Waals surface area (Å²) in [5.41, 5.74) is 1.25. The number of hydrogen-bond donors (Lipinski definition) is 2. The van der Waals surface area contributed by atoms with E-state index in [9.17, 15) is 9.59 Å². The molecule has 6 nitrogen and oxygen atoms in total. The molecule has 124 valence electrons. The zero-order valence-electron chi connectivity index (χ0n) is 13.3. The lowest BCUT2D eigenvalue weighted by Gasteiger charge is -2.29. The molecule has 0 saturated heterocycles. The van der Waals surface area contributed by atoms with Gasteiger partial charge in [0.05, 0.1) is 0 Å². The molecule has 0 aliphatic heterocycles. The number of pyridine rings is 2. The Morgan fingerprint density at radius 2 is 1.04 bits per heavy atom. The molecule has 2 aromatic rings. The van der Waals surface area contributed by atoms with E-state index in [0.29, 0.717) is 11.1 Å². The van der Waals surface area contributed by atoms with Crippen LogP contribution in [0.3, 0.4) is 0 Å². The second kappa shape index (κ2) is 7.68. The van der Waals surface area contributed by atoms with Gasteiger partial charge in [0.2, 0.25) is 0 Å². The maximum Gasteiger partial charge on any atom is 0.251 e. The van der Waals surface area contributed by atoms with Crippen LogP contribution in [0.25, 0.3) is 0 Å². The molecule has 2 amide bonds. The van der Waals surface area contributed by atoms with Crippen LogP contribution in [0.2, 0.25) is 0 Å². The number of nitrogens with one attached hydrogen (secondary N) is 2. The van der Waals surface area contributed by atoms with Gasteiger partial charge in [0.25, 0.3) is 11.8 Å². The van der Waals surface area contributed by atoms with Crippen LogP contribution in [0.1, 0.15) is 46.4 Å². The van der Waals surface area contributed by atoms with Crippen molar-refractivity contribution < 1.29 is 9.59 Å². The van der Waals surface area contributed by atoms with E-state index in [1.54, 1.807) is 49.1 Å². The summed E-state index contributed by atoms with van der Waals surface area (Å²) in [6.07, 6.45) is 9.88. The van der Waals surface area contributed by atoms with Gasteiger partial charge in [-0.05, 0) is 49.9 Å². The quantitative estimate of drug-likeness (QED) is 0.900. The Labute approximate surface area is 140 Å². The van der Waals surface area contributed by atoms with Crippen molar-refractivity contribution in [1.29, 1.82) is 0 Å². The number of hydrogen-bond acceptors (Lipinski definition) is 4. The minimum absolute atomic E-state index is 0.0679. The Morgan fingerprint density at radius 1 is 0.708 bits per heavy atom. The summed E-state index contributed by atoms with van der Waals surface area (Å²) >= 11 is 0. The summed E-state index contributed by atoms with van der Waals surface area (Å²) in [6, 6.07) is 7.12. The molecule has 6 heteroatoms. The lowest BCUT2D eigenvalue weighted by Crippen LogP contribution is -2.43. The van der Waals surface area contributed by atoms with Gasteiger partial charge in [0.15, 0.2) is 0 Å². The van der Waals surface area contributed by atoms with Crippen molar-refractivity contribution in [2.75, 3.05) is 0 Å². The second-order valence-electron chi connectivity index (χ2n) is 5.97. The zero-order valence-corrected chi connectivity index (χ0v) is 13.3. The molecule has 2 heterocycles. The summed E-state index contributed by atoms with van der Waals surface area (Å²) in [6.45, 7) is 0. The topological polar surface area (TPSA) is 84.0 Å². The van der Waals surface area contributed by atoms with Crippen molar-refractivity contribution >= 4 is 11.8 Å². The van der Waals surface area contributed by atoms with Gasteiger partial charge in [-0.25, -0.2) is 0 Å². The smallest absolute Gasteiger partial charge is 0.251 e. The van der Waals surface area contributed by atoms with Crippen molar-refractivity contribution in [2.24, 2.45) is 0 Å². The van der Waals surface area contributed by atoms with Crippen LogP contribution in [0, 0.1) is 0 Å². The fourth-order valence-electron chi connectivity index (χ4n) is 2.93. The summed E-state index contributed by atoms with van der Waals surface area (Å²) in [7, 11) is 0. The third-order valence-corrected chi connectivity index (χ3v) is 4.28. The number of carbonyl (C=O) groups is 2. The molecular weight excluding hydrogens is 304 g/mol. The number of aromatic nitrogens is 2. The first kappa shape index (κ1) is 16.1. The van der Waals surface area contributed by atoms with Crippen molar-refractivity contribution in [3.05, 3.63) is 60.2 Å². The SMILES string of the molecule is O=C(NC1CCC(NC(=O)c2ccncc2)CC1)c1ccncc1. The molecule has 24 heavy (non-hydrogen) atoms. The van der Waals surface area contributed by atoms with Gasteiger partial charge >= 0.3 is 0 Å². The minimum Gasteiger partial charge on any atom is -0.349 e. The second-order valence-corrected chi connectivity index (χ2v) is 5.97. The van der Waals surface area contributed by atoms with Gasteiger partial charge in [0.1, 0.15) is 0 Å².